The third-order valence-electron chi connectivity index (χ3n) is 3.69. The fraction of sp³-hybridized carbons (Fsp3) is 0.250. The summed E-state index contributed by atoms with van der Waals surface area (Å²) in [4.78, 5) is 10.4. The van der Waals surface area contributed by atoms with Crippen LogP contribution in [0.15, 0.2) is 36.4 Å². The zero-order valence-electron chi connectivity index (χ0n) is 12.3. The van der Waals surface area contributed by atoms with Crippen molar-refractivity contribution < 1.29 is 14.4 Å². The van der Waals surface area contributed by atoms with Crippen LogP contribution in [0.5, 0.6) is 11.5 Å². The number of aryl methyl sites for hydroxylation is 1. The molecule has 22 heavy (non-hydrogen) atoms. The van der Waals surface area contributed by atoms with Gasteiger partial charge in [-0.15, -0.1) is 0 Å². The number of anilines is 1. The highest BCUT2D eigenvalue weighted by molar-refractivity contribution is 5.57. The molecule has 0 spiro atoms. The summed E-state index contributed by atoms with van der Waals surface area (Å²) in [6, 6.07) is 10.6. The number of benzene rings is 2. The number of nitro groups is 1. The van der Waals surface area contributed by atoms with Gasteiger partial charge in [-0.2, -0.15) is 0 Å². The molecule has 2 aromatic rings. The Labute approximate surface area is 127 Å². The molecule has 0 bridgehead atoms. The van der Waals surface area contributed by atoms with Gasteiger partial charge in [0, 0.05) is 23.9 Å². The van der Waals surface area contributed by atoms with Crippen LogP contribution in [0.3, 0.4) is 0 Å². The standard InChI is InChI=1S/C16H16N2O4/c1-10-7-13(18(19)20)4-5-14(10)17-11(2)12-3-6-15-16(8-12)22-9-21-15/h3-8,11,17H,9H2,1-2H3. The first-order valence-electron chi connectivity index (χ1n) is 6.96. The molecule has 0 aromatic heterocycles. The number of rotatable bonds is 4. The Morgan fingerprint density at radius 3 is 2.68 bits per heavy atom. The predicted molar refractivity (Wildman–Crippen MR) is 82.4 cm³/mol. The average molecular weight is 300 g/mol. The molecular weight excluding hydrogens is 284 g/mol. The second kappa shape index (κ2) is 5.55. The summed E-state index contributed by atoms with van der Waals surface area (Å²) in [6.07, 6.45) is 0. The van der Waals surface area contributed by atoms with E-state index in [-0.39, 0.29) is 18.5 Å². The summed E-state index contributed by atoms with van der Waals surface area (Å²) >= 11 is 0. The Bertz CT molecular complexity index is 730. The minimum Gasteiger partial charge on any atom is -0.454 e. The van der Waals surface area contributed by atoms with Crippen LogP contribution in [0, 0.1) is 17.0 Å². The molecule has 0 radical (unpaired) electrons. The molecule has 1 N–H and O–H groups in total. The smallest absolute Gasteiger partial charge is 0.269 e. The van der Waals surface area contributed by atoms with Gasteiger partial charge in [0.25, 0.3) is 5.69 Å². The number of fused-ring (bicyclic) bond motifs is 1. The quantitative estimate of drug-likeness (QED) is 0.686. The molecule has 6 nitrogen and oxygen atoms in total. The summed E-state index contributed by atoms with van der Waals surface area (Å²) in [6.45, 7) is 4.13. The Morgan fingerprint density at radius 2 is 1.95 bits per heavy atom. The third-order valence-corrected chi connectivity index (χ3v) is 3.69. The van der Waals surface area contributed by atoms with Crippen LogP contribution >= 0.6 is 0 Å². The third kappa shape index (κ3) is 2.67. The maximum Gasteiger partial charge on any atom is 0.269 e. The van der Waals surface area contributed by atoms with E-state index >= 15 is 0 Å². The van der Waals surface area contributed by atoms with Crippen LogP contribution in [0.25, 0.3) is 0 Å². The van der Waals surface area contributed by atoms with Gasteiger partial charge in [0.2, 0.25) is 6.79 Å². The monoisotopic (exact) mass is 300 g/mol. The second-order valence-electron chi connectivity index (χ2n) is 5.24. The van der Waals surface area contributed by atoms with Crippen molar-refractivity contribution in [1.29, 1.82) is 0 Å². The molecule has 6 heteroatoms. The van der Waals surface area contributed by atoms with Crippen molar-refractivity contribution in [2.75, 3.05) is 12.1 Å². The lowest BCUT2D eigenvalue weighted by Crippen LogP contribution is -2.07. The molecule has 2 aromatic carbocycles. The molecule has 0 aliphatic carbocycles. The average Bonchev–Trinajstić information content (AvgIpc) is 2.96. The minimum absolute atomic E-state index is 0.0367. The van der Waals surface area contributed by atoms with Crippen LogP contribution in [0.1, 0.15) is 24.1 Å². The molecule has 3 rings (SSSR count). The highest BCUT2D eigenvalue weighted by atomic mass is 16.7. The number of nitro benzene ring substituents is 1. The first-order chi connectivity index (χ1) is 10.5. The first kappa shape index (κ1) is 14.2. The van der Waals surface area contributed by atoms with Crippen molar-refractivity contribution >= 4 is 11.4 Å². The molecule has 0 fully saturated rings. The van der Waals surface area contributed by atoms with Crippen LogP contribution in [0.2, 0.25) is 0 Å². The number of hydrogen-bond acceptors (Lipinski definition) is 5. The van der Waals surface area contributed by atoms with Crippen molar-refractivity contribution in [2.45, 2.75) is 19.9 Å². The molecule has 0 saturated heterocycles. The van der Waals surface area contributed by atoms with E-state index in [0.29, 0.717) is 0 Å². The molecule has 1 unspecified atom stereocenters. The lowest BCUT2D eigenvalue weighted by molar-refractivity contribution is -0.384. The lowest BCUT2D eigenvalue weighted by atomic mass is 10.1. The van der Waals surface area contributed by atoms with Gasteiger partial charge < -0.3 is 14.8 Å². The highest BCUT2D eigenvalue weighted by Gasteiger charge is 2.16. The zero-order chi connectivity index (χ0) is 15.7. The first-order valence-corrected chi connectivity index (χ1v) is 6.96. The molecule has 1 aliphatic rings. The SMILES string of the molecule is Cc1cc([N+](=O)[O-])ccc1NC(C)c1ccc2c(c1)OCO2. The Morgan fingerprint density at radius 1 is 1.18 bits per heavy atom. The molecule has 0 amide bonds. The van der Waals surface area contributed by atoms with Crippen LogP contribution in [0.4, 0.5) is 11.4 Å². The minimum atomic E-state index is -0.391. The van der Waals surface area contributed by atoms with Gasteiger partial charge in [-0.1, -0.05) is 6.07 Å². The molecule has 114 valence electrons. The second-order valence-corrected chi connectivity index (χ2v) is 5.24. The molecular formula is C16H16N2O4. The number of ether oxygens (including phenoxy) is 2. The maximum atomic E-state index is 10.8. The summed E-state index contributed by atoms with van der Waals surface area (Å²) < 4.78 is 10.7. The Hall–Kier alpha value is -2.76. The van der Waals surface area contributed by atoms with Gasteiger partial charge in [0.05, 0.1) is 4.92 Å². The summed E-state index contributed by atoms with van der Waals surface area (Å²) in [7, 11) is 0. The molecule has 0 saturated carbocycles. The van der Waals surface area contributed by atoms with E-state index in [1.165, 1.54) is 6.07 Å². The van der Waals surface area contributed by atoms with Gasteiger partial charge >= 0.3 is 0 Å². The Balaban J connectivity index is 1.79. The van der Waals surface area contributed by atoms with Crippen molar-refractivity contribution in [3.63, 3.8) is 0 Å². The van der Waals surface area contributed by atoms with Crippen molar-refractivity contribution in [2.24, 2.45) is 0 Å². The van der Waals surface area contributed by atoms with E-state index in [2.05, 4.69) is 5.32 Å². The van der Waals surface area contributed by atoms with Gasteiger partial charge in [-0.05, 0) is 43.2 Å². The fourth-order valence-electron chi connectivity index (χ4n) is 2.42. The maximum absolute atomic E-state index is 10.8. The number of non-ortho nitro benzene ring substituents is 1. The van der Waals surface area contributed by atoms with Crippen molar-refractivity contribution in [3.05, 3.63) is 57.6 Å². The number of nitrogens with zero attached hydrogens (tertiary/aromatic N) is 1. The van der Waals surface area contributed by atoms with E-state index in [0.717, 1.165) is 28.3 Å². The normalized spacial score (nSPS) is 13.7. The van der Waals surface area contributed by atoms with Crippen molar-refractivity contribution in [1.82, 2.24) is 0 Å². The van der Waals surface area contributed by atoms with Gasteiger partial charge in [-0.25, -0.2) is 0 Å². The molecule has 1 aliphatic heterocycles. The number of nitrogens with one attached hydrogen (secondary N) is 1. The fourth-order valence-corrected chi connectivity index (χ4v) is 2.42. The van der Waals surface area contributed by atoms with E-state index < -0.39 is 4.92 Å². The van der Waals surface area contributed by atoms with Gasteiger partial charge in [0.1, 0.15) is 0 Å². The zero-order valence-corrected chi connectivity index (χ0v) is 12.3. The summed E-state index contributed by atoms with van der Waals surface area (Å²) in [5.41, 5.74) is 2.86. The van der Waals surface area contributed by atoms with Crippen molar-refractivity contribution in [3.8, 4) is 11.5 Å². The van der Waals surface area contributed by atoms with E-state index in [4.69, 9.17) is 9.47 Å². The van der Waals surface area contributed by atoms with Gasteiger partial charge in [0.15, 0.2) is 11.5 Å². The highest BCUT2D eigenvalue weighted by Crippen LogP contribution is 2.35. The molecule has 1 atom stereocenters. The summed E-state index contributed by atoms with van der Waals surface area (Å²) in [5, 5.41) is 14.1. The summed E-state index contributed by atoms with van der Waals surface area (Å²) in [5.74, 6) is 1.49. The van der Waals surface area contributed by atoms with Crippen LogP contribution in [-0.4, -0.2) is 11.7 Å². The topological polar surface area (TPSA) is 73.6 Å². The molecule has 1 heterocycles. The Kier molecular flexibility index (Phi) is 3.58. The predicted octanol–water partition coefficient (Wildman–Crippen LogP) is 3.81. The van der Waals surface area contributed by atoms with E-state index in [1.54, 1.807) is 12.1 Å². The van der Waals surface area contributed by atoms with Gasteiger partial charge in [-0.3, -0.25) is 10.1 Å². The van der Waals surface area contributed by atoms with Crippen LogP contribution in [-0.2, 0) is 0 Å². The largest absolute Gasteiger partial charge is 0.454 e. The van der Waals surface area contributed by atoms with E-state index in [9.17, 15) is 10.1 Å². The number of hydrogen-bond donors (Lipinski definition) is 1. The lowest BCUT2D eigenvalue weighted by Gasteiger charge is -2.17. The van der Waals surface area contributed by atoms with Crippen LogP contribution < -0.4 is 14.8 Å². The van der Waals surface area contributed by atoms with E-state index in [1.807, 2.05) is 32.0 Å².